The molecule has 5 nitrogen and oxygen atoms in total. The highest BCUT2D eigenvalue weighted by molar-refractivity contribution is 8.00. The Hall–Kier alpha value is -2.64. The van der Waals surface area contributed by atoms with Gasteiger partial charge in [0.05, 0.1) is 5.69 Å². The second kappa shape index (κ2) is 10.8. The highest BCUT2D eigenvalue weighted by Crippen LogP contribution is 2.37. The number of benzene rings is 2. The van der Waals surface area contributed by atoms with Gasteiger partial charge in [0.2, 0.25) is 11.8 Å². The molecule has 0 bridgehead atoms. The molecule has 0 saturated heterocycles. The summed E-state index contributed by atoms with van der Waals surface area (Å²) in [5.74, 6) is 0.133. The summed E-state index contributed by atoms with van der Waals surface area (Å²) >= 11 is 2.91. The summed E-state index contributed by atoms with van der Waals surface area (Å²) in [5, 5.41) is 8.10. The molecule has 1 aliphatic carbocycles. The summed E-state index contributed by atoms with van der Waals surface area (Å²) in [6.45, 7) is 1.91. The summed E-state index contributed by atoms with van der Waals surface area (Å²) in [4.78, 5) is 30.9. The predicted molar refractivity (Wildman–Crippen MR) is 132 cm³/mol. The van der Waals surface area contributed by atoms with E-state index in [9.17, 15) is 9.59 Å². The van der Waals surface area contributed by atoms with Gasteiger partial charge in [0.25, 0.3) is 0 Å². The van der Waals surface area contributed by atoms with Crippen LogP contribution in [0.5, 0.6) is 0 Å². The first-order chi connectivity index (χ1) is 15.6. The predicted octanol–water partition coefficient (Wildman–Crippen LogP) is 6.44. The molecular weight excluding hydrogens is 438 g/mol. The molecule has 2 amide bonds. The van der Waals surface area contributed by atoms with Gasteiger partial charge in [0, 0.05) is 21.9 Å². The van der Waals surface area contributed by atoms with Gasteiger partial charge in [0.1, 0.15) is 5.25 Å². The zero-order chi connectivity index (χ0) is 22.3. The number of rotatable bonds is 7. The number of amides is 2. The Labute approximate surface area is 197 Å². The molecule has 1 aromatic heterocycles. The van der Waals surface area contributed by atoms with E-state index >= 15 is 0 Å². The van der Waals surface area contributed by atoms with Crippen LogP contribution in [0.2, 0.25) is 0 Å². The van der Waals surface area contributed by atoms with Crippen LogP contribution in [0, 0.1) is 12.8 Å². The van der Waals surface area contributed by atoms with Crippen LogP contribution in [0.15, 0.2) is 64.9 Å². The van der Waals surface area contributed by atoms with Crippen molar-refractivity contribution in [3.63, 3.8) is 0 Å². The smallest absolute Gasteiger partial charge is 0.244 e. The Morgan fingerprint density at radius 2 is 1.72 bits per heavy atom. The van der Waals surface area contributed by atoms with Crippen molar-refractivity contribution in [2.45, 2.75) is 49.2 Å². The fourth-order valence-electron chi connectivity index (χ4n) is 3.85. The maximum absolute atomic E-state index is 13.1. The lowest BCUT2D eigenvalue weighted by atomic mass is 9.88. The van der Waals surface area contributed by atoms with E-state index in [1.165, 1.54) is 29.5 Å². The zero-order valence-electron chi connectivity index (χ0n) is 18.0. The summed E-state index contributed by atoms with van der Waals surface area (Å²) < 4.78 is 0. The molecule has 7 heteroatoms. The largest absolute Gasteiger partial charge is 0.326 e. The molecule has 1 aliphatic rings. The number of thiazole rings is 1. The van der Waals surface area contributed by atoms with Crippen molar-refractivity contribution in [1.82, 2.24) is 4.98 Å². The fraction of sp³-hybridized carbons (Fsp3) is 0.320. The van der Waals surface area contributed by atoms with Crippen LogP contribution in [0.3, 0.4) is 0 Å². The molecule has 32 heavy (non-hydrogen) atoms. The molecule has 4 rings (SSSR count). The first-order valence-electron chi connectivity index (χ1n) is 10.9. The van der Waals surface area contributed by atoms with Crippen molar-refractivity contribution >= 4 is 45.7 Å². The molecule has 0 aliphatic heterocycles. The van der Waals surface area contributed by atoms with Crippen molar-refractivity contribution in [2.75, 3.05) is 10.6 Å². The standard InChI is InChI=1S/C25H27N3O2S2/c1-17-16-31-25(26-17)28-24(30)22(18-8-4-2-5-9-18)32-21-14-12-20(13-15-21)27-23(29)19-10-6-3-7-11-19/h2,4-5,8-9,12-16,19,22H,3,6-7,10-11H2,1H3,(H,27,29)(H,26,28,30). The molecule has 1 fully saturated rings. The summed E-state index contributed by atoms with van der Waals surface area (Å²) in [6.07, 6.45) is 5.46. The Kier molecular flexibility index (Phi) is 7.60. The Balaban J connectivity index is 1.44. The quantitative estimate of drug-likeness (QED) is 0.394. The van der Waals surface area contributed by atoms with E-state index < -0.39 is 5.25 Å². The summed E-state index contributed by atoms with van der Waals surface area (Å²) in [7, 11) is 0. The van der Waals surface area contributed by atoms with Gasteiger partial charge in [0.15, 0.2) is 5.13 Å². The minimum absolute atomic E-state index is 0.106. The molecule has 0 radical (unpaired) electrons. The molecule has 0 spiro atoms. The molecular formula is C25H27N3O2S2. The molecule has 166 valence electrons. The van der Waals surface area contributed by atoms with Crippen LogP contribution >= 0.6 is 23.1 Å². The van der Waals surface area contributed by atoms with Crippen LogP contribution in [-0.2, 0) is 9.59 Å². The Bertz CT molecular complexity index is 1040. The number of nitrogens with one attached hydrogen (secondary N) is 2. The van der Waals surface area contributed by atoms with Gasteiger partial charge in [-0.15, -0.1) is 23.1 Å². The van der Waals surface area contributed by atoms with Gasteiger partial charge in [-0.2, -0.15) is 0 Å². The van der Waals surface area contributed by atoms with E-state index in [1.807, 2.05) is 66.9 Å². The molecule has 1 atom stereocenters. The van der Waals surface area contributed by atoms with Crippen LogP contribution < -0.4 is 10.6 Å². The summed E-state index contributed by atoms with van der Waals surface area (Å²) in [6, 6.07) is 17.5. The molecule has 3 aromatic rings. The minimum atomic E-state index is -0.414. The second-order valence-electron chi connectivity index (χ2n) is 8.04. The number of nitrogens with zero attached hydrogens (tertiary/aromatic N) is 1. The number of hydrogen-bond donors (Lipinski definition) is 2. The molecule has 1 saturated carbocycles. The third-order valence-corrected chi connectivity index (χ3v) is 7.68. The van der Waals surface area contributed by atoms with Crippen molar-refractivity contribution in [3.05, 3.63) is 71.2 Å². The number of hydrogen-bond acceptors (Lipinski definition) is 5. The van der Waals surface area contributed by atoms with Gasteiger partial charge >= 0.3 is 0 Å². The number of thioether (sulfide) groups is 1. The molecule has 1 heterocycles. The lowest BCUT2D eigenvalue weighted by Gasteiger charge is -2.21. The Morgan fingerprint density at radius 3 is 2.38 bits per heavy atom. The van der Waals surface area contributed by atoms with E-state index in [0.29, 0.717) is 5.13 Å². The van der Waals surface area contributed by atoms with Gasteiger partial charge in [-0.25, -0.2) is 4.98 Å². The number of anilines is 2. The summed E-state index contributed by atoms with van der Waals surface area (Å²) in [5.41, 5.74) is 2.61. The number of carbonyl (C=O) groups excluding carboxylic acids is 2. The van der Waals surface area contributed by atoms with Gasteiger partial charge in [-0.3, -0.25) is 9.59 Å². The molecule has 1 unspecified atom stereocenters. The average molecular weight is 466 g/mol. The van der Waals surface area contributed by atoms with Crippen molar-refractivity contribution in [1.29, 1.82) is 0 Å². The van der Waals surface area contributed by atoms with Crippen molar-refractivity contribution in [2.24, 2.45) is 5.92 Å². The van der Waals surface area contributed by atoms with Crippen LogP contribution in [0.25, 0.3) is 0 Å². The van der Waals surface area contributed by atoms with E-state index in [4.69, 9.17) is 0 Å². The van der Waals surface area contributed by atoms with E-state index in [2.05, 4.69) is 15.6 Å². The highest BCUT2D eigenvalue weighted by Gasteiger charge is 2.24. The van der Waals surface area contributed by atoms with Crippen molar-refractivity contribution < 1.29 is 9.59 Å². The van der Waals surface area contributed by atoms with Crippen LogP contribution in [-0.4, -0.2) is 16.8 Å². The lowest BCUT2D eigenvalue weighted by Crippen LogP contribution is -2.24. The van der Waals surface area contributed by atoms with Crippen molar-refractivity contribution in [3.8, 4) is 0 Å². The number of aryl methyl sites for hydroxylation is 1. The zero-order valence-corrected chi connectivity index (χ0v) is 19.7. The molecule has 2 N–H and O–H groups in total. The normalized spacial score (nSPS) is 15.2. The monoisotopic (exact) mass is 465 g/mol. The third-order valence-electron chi connectivity index (χ3n) is 5.54. The van der Waals surface area contributed by atoms with E-state index in [-0.39, 0.29) is 17.7 Å². The lowest BCUT2D eigenvalue weighted by molar-refractivity contribution is -0.120. The van der Waals surface area contributed by atoms with Crippen LogP contribution in [0.4, 0.5) is 10.8 Å². The number of aromatic nitrogens is 1. The van der Waals surface area contributed by atoms with Crippen LogP contribution in [0.1, 0.15) is 48.6 Å². The third kappa shape index (κ3) is 5.99. The van der Waals surface area contributed by atoms with Gasteiger partial charge in [-0.1, -0.05) is 49.6 Å². The topological polar surface area (TPSA) is 71.1 Å². The van der Waals surface area contributed by atoms with E-state index in [1.54, 1.807) is 0 Å². The second-order valence-corrected chi connectivity index (χ2v) is 10.1. The van der Waals surface area contributed by atoms with Gasteiger partial charge < -0.3 is 10.6 Å². The Morgan fingerprint density at radius 1 is 1.00 bits per heavy atom. The SMILES string of the molecule is Cc1csc(NC(=O)C(Sc2ccc(NC(=O)C3CCCCC3)cc2)c2ccccc2)n1. The van der Waals surface area contributed by atoms with Gasteiger partial charge in [-0.05, 0) is 49.6 Å². The highest BCUT2D eigenvalue weighted by atomic mass is 32.2. The minimum Gasteiger partial charge on any atom is -0.326 e. The van der Waals surface area contributed by atoms with E-state index in [0.717, 1.165) is 47.5 Å². The first kappa shape index (κ1) is 22.6. The maximum Gasteiger partial charge on any atom is 0.244 e. The maximum atomic E-state index is 13.1. The molecule has 2 aromatic carbocycles. The average Bonchev–Trinajstić information content (AvgIpc) is 3.24. The first-order valence-corrected chi connectivity index (χ1v) is 12.7. The number of carbonyl (C=O) groups is 2. The fourth-order valence-corrected chi connectivity index (χ4v) is 5.56.